The molecule has 0 aromatic heterocycles. The van der Waals surface area contributed by atoms with Crippen molar-refractivity contribution in [1.82, 2.24) is 15.1 Å². The van der Waals surface area contributed by atoms with E-state index in [1.165, 1.54) is 0 Å². The maximum absolute atomic E-state index is 13.5. The molecule has 7 nitrogen and oxygen atoms in total. The van der Waals surface area contributed by atoms with Gasteiger partial charge in [-0.3, -0.25) is 14.4 Å². The Morgan fingerprint density at radius 3 is 2.09 bits per heavy atom. The van der Waals surface area contributed by atoms with Crippen LogP contribution in [0.3, 0.4) is 0 Å². The molecule has 180 valence electrons. The van der Waals surface area contributed by atoms with Crippen molar-refractivity contribution in [3.05, 3.63) is 65.7 Å². The Labute approximate surface area is 201 Å². The molecule has 0 aliphatic carbocycles. The zero-order valence-electron chi connectivity index (χ0n) is 19.7. The molecule has 2 aliphatic heterocycles. The van der Waals surface area contributed by atoms with Gasteiger partial charge in [-0.05, 0) is 74.4 Å². The molecule has 1 atom stereocenters. The van der Waals surface area contributed by atoms with E-state index >= 15 is 0 Å². The molecule has 0 radical (unpaired) electrons. The number of hydrogen-bond acceptors (Lipinski definition) is 4. The lowest BCUT2D eigenvalue weighted by atomic mass is 9.87. The van der Waals surface area contributed by atoms with Gasteiger partial charge in [0, 0.05) is 37.3 Å². The van der Waals surface area contributed by atoms with Crippen molar-refractivity contribution in [2.24, 2.45) is 5.92 Å². The first-order chi connectivity index (χ1) is 16.6. The van der Waals surface area contributed by atoms with Crippen LogP contribution in [-0.4, -0.2) is 66.9 Å². The lowest BCUT2D eigenvalue weighted by molar-refractivity contribution is -0.136. The second-order valence-corrected chi connectivity index (χ2v) is 9.06. The summed E-state index contributed by atoms with van der Waals surface area (Å²) in [6.07, 6.45) is 4.47. The van der Waals surface area contributed by atoms with Gasteiger partial charge in [-0.25, -0.2) is 0 Å². The zero-order valence-corrected chi connectivity index (χ0v) is 19.7. The van der Waals surface area contributed by atoms with E-state index in [-0.39, 0.29) is 23.6 Å². The summed E-state index contributed by atoms with van der Waals surface area (Å²) < 4.78 is 5.18. The zero-order chi connectivity index (χ0) is 23.9. The second-order valence-electron chi connectivity index (χ2n) is 9.06. The fourth-order valence-electron chi connectivity index (χ4n) is 4.86. The van der Waals surface area contributed by atoms with Gasteiger partial charge in [0.15, 0.2) is 0 Å². The van der Waals surface area contributed by atoms with Gasteiger partial charge >= 0.3 is 0 Å². The number of likely N-dealkylation sites (tertiary alicyclic amines) is 2. The summed E-state index contributed by atoms with van der Waals surface area (Å²) >= 11 is 0. The van der Waals surface area contributed by atoms with Crippen LogP contribution in [0.5, 0.6) is 5.75 Å². The fourth-order valence-corrected chi connectivity index (χ4v) is 4.86. The number of benzene rings is 2. The van der Waals surface area contributed by atoms with Crippen molar-refractivity contribution in [3.8, 4) is 5.75 Å². The molecule has 2 aliphatic rings. The van der Waals surface area contributed by atoms with E-state index in [9.17, 15) is 14.4 Å². The largest absolute Gasteiger partial charge is 0.497 e. The van der Waals surface area contributed by atoms with Gasteiger partial charge in [0.05, 0.1) is 7.11 Å². The number of nitrogens with one attached hydrogen (secondary N) is 1. The normalized spacial score (nSPS) is 17.7. The summed E-state index contributed by atoms with van der Waals surface area (Å²) in [4.78, 5) is 43.2. The van der Waals surface area contributed by atoms with Gasteiger partial charge in [-0.2, -0.15) is 0 Å². The van der Waals surface area contributed by atoms with E-state index in [2.05, 4.69) is 5.32 Å². The molecule has 34 heavy (non-hydrogen) atoms. The maximum Gasteiger partial charge on any atom is 0.253 e. The second kappa shape index (κ2) is 11.2. The third-order valence-corrected chi connectivity index (χ3v) is 6.89. The van der Waals surface area contributed by atoms with Gasteiger partial charge in [-0.1, -0.05) is 18.2 Å². The van der Waals surface area contributed by atoms with Crippen molar-refractivity contribution in [2.75, 3.05) is 33.3 Å². The molecular formula is C27H33N3O4. The van der Waals surface area contributed by atoms with Crippen LogP contribution in [0.4, 0.5) is 0 Å². The molecule has 0 saturated carbocycles. The first kappa shape index (κ1) is 23.8. The number of piperidine rings is 2. The predicted octanol–water partition coefficient (Wildman–Crippen LogP) is 3.36. The summed E-state index contributed by atoms with van der Waals surface area (Å²) in [7, 11) is 1.58. The summed E-state index contributed by atoms with van der Waals surface area (Å²) in [6, 6.07) is 15.6. The van der Waals surface area contributed by atoms with E-state index in [0.29, 0.717) is 42.8 Å². The molecule has 4 rings (SSSR count). The summed E-state index contributed by atoms with van der Waals surface area (Å²) in [6.45, 7) is 2.61. The van der Waals surface area contributed by atoms with Crippen LogP contribution in [0.2, 0.25) is 0 Å². The molecule has 0 bridgehead atoms. The van der Waals surface area contributed by atoms with Crippen molar-refractivity contribution >= 4 is 17.7 Å². The number of ether oxygens (including phenoxy) is 1. The molecule has 2 fully saturated rings. The SMILES string of the molecule is COc1ccc(C(=O)N[C@@H](C(=O)N2CCCCC2)C2CCN(C(=O)c3ccccc3)CC2)cc1. The van der Waals surface area contributed by atoms with Crippen molar-refractivity contribution in [3.63, 3.8) is 0 Å². The minimum absolute atomic E-state index is 0.00519. The number of amides is 3. The summed E-state index contributed by atoms with van der Waals surface area (Å²) in [5.74, 6) is 0.403. The molecule has 3 amide bonds. The molecule has 2 aromatic carbocycles. The Morgan fingerprint density at radius 1 is 0.824 bits per heavy atom. The fraction of sp³-hybridized carbons (Fsp3) is 0.444. The average molecular weight is 464 g/mol. The molecular weight excluding hydrogens is 430 g/mol. The smallest absolute Gasteiger partial charge is 0.253 e. The molecule has 1 N–H and O–H groups in total. The van der Waals surface area contributed by atoms with Gasteiger partial charge in [0.2, 0.25) is 5.91 Å². The Morgan fingerprint density at radius 2 is 1.47 bits per heavy atom. The standard InChI is InChI=1S/C27H33N3O4/c1-34-23-12-10-21(11-13-23)25(31)28-24(27(33)29-16-6-3-7-17-29)20-14-18-30(19-15-20)26(32)22-8-4-2-5-9-22/h2,4-5,8-13,20,24H,3,6-7,14-19H2,1H3,(H,28,31)/t24-/m1/s1. The highest BCUT2D eigenvalue weighted by Gasteiger charge is 2.36. The van der Waals surface area contributed by atoms with Gasteiger partial charge in [0.1, 0.15) is 11.8 Å². The number of carbonyl (C=O) groups excluding carboxylic acids is 3. The Bertz CT molecular complexity index is 979. The molecule has 2 saturated heterocycles. The quantitative estimate of drug-likeness (QED) is 0.713. The summed E-state index contributed by atoms with van der Waals surface area (Å²) in [5.41, 5.74) is 1.17. The minimum Gasteiger partial charge on any atom is -0.497 e. The summed E-state index contributed by atoms with van der Waals surface area (Å²) in [5, 5.41) is 3.04. The molecule has 7 heteroatoms. The van der Waals surface area contributed by atoms with Crippen LogP contribution >= 0.6 is 0 Å². The Balaban J connectivity index is 1.46. The highest BCUT2D eigenvalue weighted by Crippen LogP contribution is 2.25. The number of carbonyl (C=O) groups is 3. The van der Waals surface area contributed by atoms with Crippen LogP contribution < -0.4 is 10.1 Å². The third kappa shape index (κ3) is 5.58. The number of methoxy groups -OCH3 is 1. The maximum atomic E-state index is 13.5. The minimum atomic E-state index is -0.596. The van der Waals surface area contributed by atoms with Gasteiger partial charge in [0.25, 0.3) is 11.8 Å². The lowest BCUT2D eigenvalue weighted by Crippen LogP contribution is -2.55. The topological polar surface area (TPSA) is 79.0 Å². The van der Waals surface area contributed by atoms with Gasteiger partial charge < -0.3 is 19.9 Å². The average Bonchev–Trinajstić information content (AvgIpc) is 2.92. The third-order valence-electron chi connectivity index (χ3n) is 6.89. The van der Waals surface area contributed by atoms with E-state index in [4.69, 9.17) is 4.74 Å². The predicted molar refractivity (Wildman–Crippen MR) is 130 cm³/mol. The van der Waals surface area contributed by atoms with Crippen molar-refractivity contribution in [1.29, 1.82) is 0 Å². The van der Waals surface area contributed by atoms with Crippen LogP contribution in [-0.2, 0) is 4.79 Å². The molecule has 2 aromatic rings. The molecule has 0 spiro atoms. The monoisotopic (exact) mass is 463 g/mol. The Hall–Kier alpha value is -3.35. The molecule has 2 heterocycles. The number of nitrogens with zero attached hydrogens (tertiary/aromatic N) is 2. The van der Waals surface area contributed by atoms with Crippen LogP contribution in [0.15, 0.2) is 54.6 Å². The van der Waals surface area contributed by atoms with E-state index < -0.39 is 6.04 Å². The molecule has 0 unspecified atom stereocenters. The van der Waals surface area contributed by atoms with Crippen LogP contribution in [0.1, 0.15) is 52.8 Å². The van der Waals surface area contributed by atoms with Crippen molar-refractivity contribution in [2.45, 2.75) is 38.1 Å². The first-order valence-corrected chi connectivity index (χ1v) is 12.1. The van der Waals surface area contributed by atoms with E-state index in [1.54, 1.807) is 31.4 Å². The highest BCUT2D eigenvalue weighted by molar-refractivity contribution is 5.98. The lowest BCUT2D eigenvalue weighted by Gasteiger charge is -2.38. The van der Waals surface area contributed by atoms with Crippen LogP contribution in [0.25, 0.3) is 0 Å². The number of hydrogen-bond donors (Lipinski definition) is 1. The first-order valence-electron chi connectivity index (χ1n) is 12.1. The van der Waals surface area contributed by atoms with Crippen molar-refractivity contribution < 1.29 is 19.1 Å². The van der Waals surface area contributed by atoms with Gasteiger partial charge in [-0.15, -0.1) is 0 Å². The van der Waals surface area contributed by atoms with Crippen LogP contribution in [0, 0.1) is 5.92 Å². The van der Waals surface area contributed by atoms with E-state index in [1.807, 2.05) is 40.1 Å². The highest BCUT2D eigenvalue weighted by atomic mass is 16.5. The Kier molecular flexibility index (Phi) is 7.83. The number of rotatable bonds is 6. The van der Waals surface area contributed by atoms with E-state index in [0.717, 1.165) is 32.4 Å².